The Morgan fingerprint density at radius 3 is 2.65 bits per heavy atom. The first-order chi connectivity index (χ1) is 12.2. The largest absolute Gasteiger partial charge is 0.489 e. The molecule has 0 radical (unpaired) electrons. The van der Waals surface area contributed by atoms with Crippen LogP contribution in [0.1, 0.15) is 20.8 Å². The number of carbonyl (C=O) groups excluding carboxylic acids is 2. The number of likely N-dealkylation sites (tertiary alicyclic amines) is 1. The minimum absolute atomic E-state index is 0.127. The van der Waals surface area contributed by atoms with E-state index in [1.54, 1.807) is 20.8 Å². The van der Waals surface area contributed by atoms with Gasteiger partial charge in [-0.2, -0.15) is 0 Å². The van der Waals surface area contributed by atoms with E-state index in [-0.39, 0.29) is 32.0 Å². The SMILES string of the molecule is CC(C)(C)OC(=O)N1CC([C@H](F)C(=O)N2CCOc3cc(F)ccc32)C1. The molecule has 1 saturated heterocycles. The van der Waals surface area contributed by atoms with Crippen LogP contribution in [-0.4, -0.2) is 54.9 Å². The average molecular weight is 368 g/mol. The molecule has 0 unspecified atom stereocenters. The highest BCUT2D eigenvalue weighted by Crippen LogP contribution is 2.34. The normalized spacial score (nSPS) is 18.5. The van der Waals surface area contributed by atoms with Crippen LogP contribution in [0.2, 0.25) is 0 Å². The maximum Gasteiger partial charge on any atom is 0.410 e. The molecular weight excluding hydrogens is 346 g/mol. The van der Waals surface area contributed by atoms with Gasteiger partial charge in [0.2, 0.25) is 0 Å². The molecule has 2 heterocycles. The molecule has 2 aliphatic rings. The van der Waals surface area contributed by atoms with Gasteiger partial charge in [-0.15, -0.1) is 0 Å². The van der Waals surface area contributed by atoms with E-state index in [4.69, 9.17) is 9.47 Å². The Labute approximate surface area is 150 Å². The standard InChI is InChI=1S/C18H22F2N2O4/c1-18(2,3)26-17(24)21-9-11(10-21)15(20)16(23)22-6-7-25-14-8-12(19)4-5-13(14)22/h4-5,8,11,15H,6-7,9-10H2,1-3H3/t15-/m0/s1. The van der Waals surface area contributed by atoms with Crippen LogP contribution in [-0.2, 0) is 9.53 Å². The number of anilines is 1. The first-order valence-electron chi connectivity index (χ1n) is 8.51. The molecule has 1 fully saturated rings. The molecular formula is C18H22F2N2O4. The Morgan fingerprint density at radius 2 is 2.00 bits per heavy atom. The number of alkyl halides is 1. The van der Waals surface area contributed by atoms with Crippen molar-refractivity contribution in [1.29, 1.82) is 0 Å². The number of hydrogen-bond acceptors (Lipinski definition) is 4. The van der Waals surface area contributed by atoms with Gasteiger partial charge in [0, 0.05) is 25.1 Å². The molecule has 3 rings (SSSR count). The molecule has 6 nitrogen and oxygen atoms in total. The second-order valence-electron chi connectivity index (χ2n) is 7.50. The van der Waals surface area contributed by atoms with Crippen LogP contribution in [0.5, 0.6) is 5.75 Å². The quantitative estimate of drug-likeness (QED) is 0.805. The molecule has 0 spiro atoms. The number of nitrogens with zero attached hydrogens (tertiary/aromatic N) is 2. The summed E-state index contributed by atoms with van der Waals surface area (Å²) >= 11 is 0. The molecule has 0 bridgehead atoms. The number of fused-ring (bicyclic) bond motifs is 1. The summed E-state index contributed by atoms with van der Waals surface area (Å²) in [5.74, 6) is -1.54. The fourth-order valence-electron chi connectivity index (χ4n) is 2.95. The van der Waals surface area contributed by atoms with Crippen LogP contribution in [0, 0.1) is 11.7 Å². The van der Waals surface area contributed by atoms with E-state index in [0.29, 0.717) is 5.69 Å². The molecule has 26 heavy (non-hydrogen) atoms. The summed E-state index contributed by atoms with van der Waals surface area (Å²) in [6, 6.07) is 3.78. The molecule has 0 N–H and O–H groups in total. The monoisotopic (exact) mass is 368 g/mol. The Hall–Kier alpha value is -2.38. The van der Waals surface area contributed by atoms with Gasteiger partial charge in [-0.1, -0.05) is 0 Å². The fourth-order valence-corrected chi connectivity index (χ4v) is 2.95. The van der Waals surface area contributed by atoms with Crippen LogP contribution >= 0.6 is 0 Å². The summed E-state index contributed by atoms with van der Waals surface area (Å²) in [7, 11) is 0. The predicted molar refractivity (Wildman–Crippen MR) is 90.4 cm³/mol. The molecule has 1 aromatic rings. The number of benzene rings is 1. The van der Waals surface area contributed by atoms with Crippen molar-refractivity contribution in [3.05, 3.63) is 24.0 Å². The number of ether oxygens (including phenoxy) is 2. The molecule has 1 atom stereocenters. The molecule has 2 aliphatic heterocycles. The van der Waals surface area contributed by atoms with Crippen LogP contribution in [0.3, 0.4) is 0 Å². The average Bonchev–Trinajstić information content (AvgIpc) is 2.50. The second-order valence-corrected chi connectivity index (χ2v) is 7.50. The first kappa shape index (κ1) is 18.4. The van der Waals surface area contributed by atoms with Crippen molar-refractivity contribution in [3.63, 3.8) is 0 Å². The molecule has 1 aromatic carbocycles. The van der Waals surface area contributed by atoms with Gasteiger partial charge in [0.15, 0.2) is 6.17 Å². The third kappa shape index (κ3) is 3.73. The van der Waals surface area contributed by atoms with E-state index >= 15 is 0 Å². The highest BCUT2D eigenvalue weighted by Gasteiger charge is 2.43. The molecule has 2 amide bonds. The van der Waals surface area contributed by atoms with E-state index in [1.807, 2.05) is 0 Å². The van der Waals surface area contributed by atoms with E-state index in [1.165, 1.54) is 28.0 Å². The third-order valence-electron chi connectivity index (χ3n) is 4.26. The zero-order valence-corrected chi connectivity index (χ0v) is 15.0. The Kier molecular flexibility index (Phi) is 4.77. The van der Waals surface area contributed by atoms with Gasteiger partial charge in [-0.3, -0.25) is 4.79 Å². The smallest absolute Gasteiger partial charge is 0.410 e. The third-order valence-corrected chi connectivity index (χ3v) is 4.26. The summed E-state index contributed by atoms with van der Waals surface area (Å²) < 4.78 is 38.5. The van der Waals surface area contributed by atoms with Crippen LogP contribution in [0.15, 0.2) is 18.2 Å². The molecule has 0 aliphatic carbocycles. The predicted octanol–water partition coefficient (Wildman–Crippen LogP) is 2.76. The number of halogens is 2. The Morgan fingerprint density at radius 1 is 1.31 bits per heavy atom. The number of carbonyl (C=O) groups is 2. The number of amides is 2. The summed E-state index contributed by atoms with van der Waals surface area (Å²) in [6.45, 7) is 5.88. The van der Waals surface area contributed by atoms with Crippen LogP contribution in [0.4, 0.5) is 19.3 Å². The molecule has 8 heteroatoms. The van der Waals surface area contributed by atoms with Crippen molar-refractivity contribution >= 4 is 17.7 Å². The van der Waals surface area contributed by atoms with Crippen molar-refractivity contribution in [2.45, 2.75) is 32.5 Å². The summed E-state index contributed by atoms with van der Waals surface area (Å²) in [5, 5.41) is 0. The van der Waals surface area contributed by atoms with Gasteiger partial charge in [0.25, 0.3) is 5.91 Å². The molecule has 0 aromatic heterocycles. The lowest BCUT2D eigenvalue weighted by molar-refractivity contribution is -0.128. The van der Waals surface area contributed by atoms with E-state index in [0.717, 1.165) is 0 Å². The van der Waals surface area contributed by atoms with Crippen molar-refractivity contribution in [2.24, 2.45) is 5.92 Å². The second kappa shape index (κ2) is 6.74. The van der Waals surface area contributed by atoms with E-state index < -0.39 is 35.5 Å². The van der Waals surface area contributed by atoms with Gasteiger partial charge in [-0.25, -0.2) is 13.6 Å². The van der Waals surface area contributed by atoms with Gasteiger partial charge >= 0.3 is 6.09 Å². The maximum atomic E-state index is 14.7. The van der Waals surface area contributed by atoms with Gasteiger partial charge in [-0.05, 0) is 32.9 Å². The van der Waals surface area contributed by atoms with Crippen molar-refractivity contribution < 1.29 is 27.8 Å². The van der Waals surface area contributed by atoms with Crippen LogP contribution in [0.25, 0.3) is 0 Å². The lowest BCUT2D eigenvalue weighted by Crippen LogP contribution is -2.58. The molecule has 0 saturated carbocycles. The highest BCUT2D eigenvalue weighted by molar-refractivity contribution is 5.98. The van der Waals surface area contributed by atoms with Gasteiger partial charge in [0.1, 0.15) is 23.8 Å². The Balaban J connectivity index is 1.61. The number of hydrogen-bond donors (Lipinski definition) is 0. The molecule has 142 valence electrons. The van der Waals surface area contributed by atoms with Crippen molar-refractivity contribution in [3.8, 4) is 5.75 Å². The zero-order chi connectivity index (χ0) is 19.1. The summed E-state index contributed by atoms with van der Waals surface area (Å²) in [5.41, 5.74) is -0.270. The van der Waals surface area contributed by atoms with Crippen LogP contribution < -0.4 is 9.64 Å². The minimum Gasteiger partial charge on any atom is -0.489 e. The maximum absolute atomic E-state index is 14.7. The lowest BCUT2D eigenvalue weighted by Gasteiger charge is -2.41. The van der Waals surface area contributed by atoms with Gasteiger partial charge < -0.3 is 19.3 Å². The summed E-state index contributed by atoms with van der Waals surface area (Å²) in [4.78, 5) is 27.1. The minimum atomic E-state index is -1.75. The van der Waals surface area contributed by atoms with Crippen molar-refractivity contribution in [1.82, 2.24) is 4.90 Å². The highest BCUT2D eigenvalue weighted by atomic mass is 19.1. The van der Waals surface area contributed by atoms with E-state index in [9.17, 15) is 18.4 Å². The Bertz CT molecular complexity index is 714. The summed E-state index contributed by atoms with van der Waals surface area (Å²) in [6.07, 6.45) is -2.26. The van der Waals surface area contributed by atoms with E-state index in [2.05, 4.69) is 0 Å². The fraction of sp³-hybridized carbons (Fsp3) is 0.556. The number of rotatable bonds is 2. The first-order valence-corrected chi connectivity index (χ1v) is 8.51. The van der Waals surface area contributed by atoms with Gasteiger partial charge in [0.05, 0.1) is 12.2 Å². The zero-order valence-electron chi connectivity index (χ0n) is 15.0. The lowest BCUT2D eigenvalue weighted by atomic mass is 9.94. The van der Waals surface area contributed by atoms with Crippen molar-refractivity contribution in [2.75, 3.05) is 31.1 Å². The topological polar surface area (TPSA) is 59.1 Å².